The second-order valence-electron chi connectivity index (χ2n) is 4.07. The van der Waals surface area contributed by atoms with E-state index in [-0.39, 0.29) is 0 Å². The number of rotatable bonds is 3. The van der Waals surface area contributed by atoms with Crippen LogP contribution in [-0.4, -0.2) is 9.97 Å². The lowest BCUT2D eigenvalue weighted by atomic mass is 10.2. The highest BCUT2D eigenvalue weighted by atomic mass is 127. The van der Waals surface area contributed by atoms with Crippen LogP contribution >= 0.6 is 22.6 Å². The van der Waals surface area contributed by atoms with E-state index < -0.39 is 0 Å². The average molecular weight is 378 g/mol. The third-order valence-corrected chi connectivity index (χ3v) is 3.38. The van der Waals surface area contributed by atoms with Crippen molar-refractivity contribution in [2.24, 2.45) is 5.84 Å². The lowest BCUT2D eigenvalue weighted by Gasteiger charge is -2.09. The van der Waals surface area contributed by atoms with Crippen LogP contribution in [-0.2, 0) is 0 Å². The predicted octanol–water partition coefficient (Wildman–Crippen LogP) is 3.31. The summed E-state index contributed by atoms with van der Waals surface area (Å²) in [6.45, 7) is 0. The zero-order valence-corrected chi connectivity index (χ0v) is 12.5. The fraction of sp³-hybridized carbons (Fsp3) is 0. The number of nitrogen functional groups attached to an aromatic ring is 1. The number of nitrogens with zero attached hydrogens (tertiary/aromatic N) is 2. The molecule has 0 radical (unpaired) electrons. The van der Waals surface area contributed by atoms with Crippen molar-refractivity contribution in [2.45, 2.75) is 0 Å². The normalized spacial score (nSPS) is 10.5. The number of nitrogens with one attached hydrogen (secondary N) is 1. The number of halogens is 1. The fourth-order valence-electron chi connectivity index (χ4n) is 1.83. The van der Waals surface area contributed by atoms with Gasteiger partial charge in [-0.1, -0.05) is 18.2 Å². The highest BCUT2D eigenvalue weighted by Gasteiger charge is 2.09. The Morgan fingerprint density at radius 2 is 1.90 bits per heavy atom. The number of para-hydroxylation sites is 1. The lowest BCUT2D eigenvalue weighted by Crippen LogP contribution is -2.11. The number of hydrogen-bond donors (Lipinski definition) is 2. The van der Waals surface area contributed by atoms with Crippen molar-refractivity contribution in [2.75, 3.05) is 5.43 Å². The van der Waals surface area contributed by atoms with Gasteiger partial charge < -0.3 is 4.74 Å². The van der Waals surface area contributed by atoms with Crippen LogP contribution in [0, 0.1) is 3.57 Å². The maximum absolute atomic E-state index is 5.86. The molecule has 1 aromatic heterocycles. The number of benzene rings is 2. The van der Waals surface area contributed by atoms with Crippen molar-refractivity contribution in [3.63, 3.8) is 0 Å². The zero-order chi connectivity index (χ0) is 13.9. The van der Waals surface area contributed by atoms with Crippen molar-refractivity contribution in [3.05, 3.63) is 52.1 Å². The molecule has 3 N–H and O–H groups in total. The third-order valence-electron chi connectivity index (χ3n) is 2.71. The first kappa shape index (κ1) is 13.1. The van der Waals surface area contributed by atoms with Crippen LogP contribution in [0.15, 0.2) is 48.5 Å². The van der Waals surface area contributed by atoms with E-state index in [1.54, 1.807) is 0 Å². The molecule has 100 valence electrons. The topological polar surface area (TPSA) is 73.1 Å². The maximum Gasteiger partial charge on any atom is 0.241 e. The van der Waals surface area contributed by atoms with Gasteiger partial charge >= 0.3 is 0 Å². The van der Waals surface area contributed by atoms with Gasteiger partial charge in [-0.2, -0.15) is 4.98 Å². The van der Waals surface area contributed by atoms with Crippen molar-refractivity contribution < 1.29 is 4.74 Å². The van der Waals surface area contributed by atoms with Gasteiger partial charge in [0.2, 0.25) is 11.8 Å². The lowest BCUT2D eigenvalue weighted by molar-refractivity contribution is 0.468. The molecule has 0 atom stereocenters. The Bertz CT molecular complexity index is 763. The Labute approximate surface area is 129 Å². The van der Waals surface area contributed by atoms with Gasteiger partial charge in [0.05, 0.1) is 10.9 Å². The zero-order valence-electron chi connectivity index (χ0n) is 10.4. The molecular weight excluding hydrogens is 367 g/mol. The van der Waals surface area contributed by atoms with Gasteiger partial charge in [-0.05, 0) is 52.9 Å². The van der Waals surface area contributed by atoms with E-state index in [2.05, 4.69) is 38.0 Å². The molecule has 0 unspecified atom stereocenters. The molecule has 2 aromatic carbocycles. The Hall–Kier alpha value is -1.93. The van der Waals surface area contributed by atoms with E-state index in [1.165, 1.54) is 0 Å². The molecule has 0 bridgehead atoms. The minimum Gasteiger partial charge on any atom is -0.438 e. The summed E-state index contributed by atoms with van der Waals surface area (Å²) in [7, 11) is 0. The quantitative estimate of drug-likeness (QED) is 0.416. The summed E-state index contributed by atoms with van der Waals surface area (Å²) in [4.78, 5) is 8.56. The SMILES string of the molecule is NNc1nc(Oc2cccc(I)c2)c2ccccc2n1. The molecule has 6 heteroatoms. The molecule has 0 aliphatic heterocycles. The highest BCUT2D eigenvalue weighted by molar-refractivity contribution is 14.1. The molecule has 0 saturated carbocycles. The van der Waals surface area contributed by atoms with Crippen molar-refractivity contribution in [1.82, 2.24) is 9.97 Å². The van der Waals surface area contributed by atoms with E-state index in [1.807, 2.05) is 48.5 Å². The number of hydrogen-bond acceptors (Lipinski definition) is 5. The van der Waals surface area contributed by atoms with Crippen LogP contribution < -0.4 is 16.0 Å². The van der Waals surface area contributed by atoms with E-state index in [0.29, 0.717) is 11.8 Å². The summed E-state index contributed by atoms with van der Waals surface area (Å²) in [6, 6.07) is 15.4. The van der Waals surface area contributed by atoms with E-state index >= 15 is 0 Å². The van der Waals surface area contributed by atoms with Gasteiger partial charge in [-0.15, -0.1) is 0 Å². The molecular formula is C14H11IN4O. The van der Waals surface area contributed by atoms with Crippen molar-refractivity contribution in [3.8, 4) is 11.6 Å². The molecule has 0 aliphatic carbocycles. The van der Waals surface area contributed by atoms with Crippen molar-refractivity contribution in [1.29, 1.82) is 0 Å². The van der Waals surface area contributed by atoms with Gasteiger partial charge in [-0.3, -0.25) is 5.43 Å². The molecule has 3 aromatic rings. The molecule has 1 heterocycles. The monoisotopic (exact) mass is 378 g/mol. The highest BCUT2D eigenvalue weighted by Crippen LogP contribution is 2.28. The Morgan fingerprint density at radius 1 is 1.05 bits per heavy atom. The van der Waals surface area contributed by atoms with Crippen LogP contribution in [0.5, 0.6) is 11.6 Å². The number of anilines is 1. The molecule has 0 saturated heterocycles. The minimum atomic E-state index is 0.323. The van der Waals surface area contributed by atoms with Crippen LogP contribution in [0.2, 0.25) is 0 Å². The van der Waals surface area contributed by atoms with Crippen LogP contribution in [0.25, 0.3) is 10.9 Å². The molecule has 3 rings (SSSR count). The summed E-state index contributed by atoms with van der Waals surface area (Å²) in [5.41, 5.74) is 3.23. The molecule has 0 fully saturated rings. The molecule has 20 heavy (non-hydrogen) atoms. The molecule has 5 nitrogen and oxygen atoms in total. The first-order chi connectivity index (χ1) is 9.76. The van der Waals surface area contributed by atoms with Crippen molar-refractivity contribution >= 4 is 39.4 Å². The summed E-state index contributed by atoms with van der Waals surface area (Å²) >= 11 is 2.24. The first-order valence-electron chi connectivity index (χ1n) is 5.93. The average Bonchev–Trinajstić information content (AvgIpc) is 2.47. The van der Waals surface area contributed by atoms with Gasteiger partial charge in [0.15, 0.2) is 0 Å². The second-order valence-corrected chi connectivity index (χ2v) is 5.32. The number of fused-ring (bicyclic) bond motifs is 1. The fourth-order valence-corrected chi connectivity index (χ4v) is 2.35. The van der Waals surface area contributed by atoms with Crippen LogP contribution in [0.3, 0.4) is 0 Å². The summed E-state index contributed by atoms with van der Waals surface area (Å²) in [5, 5.41) is 0.838. The number of hydrazine groups is 1. The summed E-state index contributed by atoms with van der Waals surface area (Å²) in [5.74, 6) is 6.92. The van der Waals surface area contributed by atoms with Gasteiger partial charge in [0, 0.05) is 3.57 Å². The molecule has 0 spiro atoms. The maximum atomic E-state index is 5.86. The summed E-state index contributed by atoms with van der Waals surface area (Å²) < 4.78 is 6.96. The second kappa shape index (κ2) is 5.59. The Balaban J connectivity index is 2.10. The molecule has 0 aliphatic rings. The standard InChI is InChI=1S/C14H11IN4O/c15-9-4-3-5-10(8-9)20-13-11-6-1-2-7-12(11)17-14(18-13)19-16/h1-8H,16H2,(H,17,18,19). The summed E-state index contributed by atoms with van der Waals surface area (Å²) in [6.07, 6.45) is 0. The number of aromatic nitrogens is 2. The third kappa shape index (κ3) is 2.66. The van der Waals surface area contributed by atoms with E-state index in [9.17, 15) is 0 Å². The van der Waals surface area contributed by atoms with Crippen LogP contribution in [0.4, 0.5) is 5.95 Å². The van der Waals surface area contributed by atoms with Gasteiger partial charge in [0.25, 0.3) is 0 Å². The Kier molecular flexibility index (Phi) is 3.66. The smallest absolute Gasteiger partial charge is 0.241 e. The van der Waals surface area contributed by atoms with E-state index in [4.69, 9.17) is 10.6 Å². The largest absolute Gasteiger partial charge is 0.438 e. The van der Waals surface area contributed by atoms with Gasteiger partial charge in [0.1, 0.15) is 5.75 Å². The predicted molar refractivity (Wildman–Crippen MR) is 86.6 cm³/mol. The Morgan fingerprint density at radius 3 is 2.70 bits per heavy atom. The van der Waals surface area contributed by atoms with Crippen LogP contribution in [0.1, 0.15) is 0 Å². The van der Waals surface area contributed by atoms with Gasteiger partial charge in [-0.25, -0.2) is 10.8 Å². The number of ether oxygens (including phenoxy) is 1. The number of nitrogens with two attached hydrogens (primary N) is 1. The molecule has 0 amide bonds. The van der Waals surface area contributed by atoms with E-state index in [0.717, 1.165) is 20.2 Å². The minimum absolute atomic E-state index is 0.323. The first-order valence-corrected chi connectivity index (χ1v) is 7.01.